The third-order valence-electron chi connectivity index (χ3n) is 3.04. The number of pyridine rings is 1. The zero-order valence-corrected chi connectivity index (χ0v) is 14.2. The summed E-state index contributed by atoms with van der Waals surface area (Å²) in [6.07, 6.45) is 0. The van der Waals surface area contributed by atoms with Gasteiger partial charge in [0.15, 0.2) is 0 Å². The molecule has 0 unspecified atom stereocenters. The van der Waals surface area contributed by atoms with E-state index in [4.69, 9.17) is 5.73 Å². The molecule has 0 radical (unpaired) electrons. The summed E-state index contributed by atoms with van der Waals surface area (Å²) in [5.74, 6) is -0.200. The number of thiophene rings is 1. The van der Waals surface area contributed by atoms with Crippen molar-refractivity contribution in [3.05, 3.63) is 50.5 Å². The number of nitrogen functional groups attached to an aromatic ring is 1. The van der Waals surface area contributed by atoms with E-state index in [2.05, 4.69) is 32.9 Å². The number of nitrogens with two attached hydrogens (primary N) is 1. The molecule has 0 saturated carbocycles. The number of anilines is 2. The lowest BCUT2D eigenvalue weighted by molar-refractivity contribution is 0.103. The highest BCUT2D eigenvalue weighted by Gasteiger charge is 2.17. The van der Waals surface area contributed by atoms with Crippen molar-refractivity contribution in [2.24, 2.45) is 0 Å². The minimum atomic E-state index is -0.200. The second-order valence-electron chi connectivity index (χ2n) is 4.61. The highest BCUT2D eigenvalue weighted by atomic mass is 127. The van der Waals surface area contributed by atoms with E-state index in [9.17, 15) is 4.79 Å². The summed E-state index contributed by atoms with van der Waals surface area (Å²) in [6, 6.07) is 11.4. The molecule has 0 aliphatic carbocycles. The van der Waals surface area contributed by atoms with Gasteiger partial charge in [0, 0.05) is 20.3 Å². The summed E-state index contributed by atoms with van der Waals surface area (Å²) < 4.78 is 1.12. The van der Waals surface area contributed by atoms with E-state index >= 15 is 0 Å². The molecule has 106 valence electrons. The maximum atomic E-state index is 12.4. The number of fused-ring (bicyclic) bond motifs is 1. The largest absolute Gasteiger partial charge is 0.397 e. The van der Waals surface area contributed by atoms with Crippen LogP contribution in [0.1, 0.15) is 15.4 Å². The van der Waals surface area contributed by atoms with Crippen molar-refractivity contribution < 1.29 is 4.79 Å². The summed E-state index contributed by atoms with van der Waals surface area (Å²) >= 11 is 3.54. The Morgan fingerprint density at radius 1 is 1.24 bits per heavy atom. The van der Waals surface area contributed by atoms with Crippen molar-refractivity contribution in [3.8, 4) is 0 Å². The second kappa shape index (κ2) is 5.61. The highest BCUT2D eigenvalue weighted by Crippen LogP contribution is 2.33. The normalized spacial score (nSPS) is 10.8. The summed E-state index contributed by atoms with van der Waals surface area (Å²) in [4.78, 5) is 18.1. The van der Waals surface area contributed by atoms with Crippen molar-refractivity contribution >= 4 is 61.4 Å². The molecule has 3 aromatic rings. The number of nitrogens with one attached hydrogen (secondary N) is 1. The molecule has 3 rings (SSSR count). The Bertz CT molecular complexity index is 827. The van der Waals surface area contributed by atoms with Crippen molar-refractivity contribution in [1.82, 2.24) is 4.98 Å². The van der Waals surface area contributed by atoms with Gasteiger partial charge in [-0.15, -0.1) is 11.3 Å². The van der Waals surface area contributed by atoms with E-state index in [0.717, 1.165) is 25.2 Å². The van der Waals surface area contributed by atoms with Gasteiger partial charge in [-0.05, 0) is 65.9 Å². The molecule has 2 aromatic heterocycles. The first-order valence-electron chi connectivity index (χ1n) is 6.27. The summed E-state index contributed by atoms with van der Waals surface area (Å²) in [6.45, 7) is 1.92. The molecule has 1 amide bonds. The maximum Gasteiger partial charge on any atom is 0.267 e. The van der Waals surface area contributed by atoms with Gasteiger partial charge in [0.25, 0.3) is 5.91 Å². The summed E-state index contributed by atoms with van der Waals surface area (Å²) in [7, 11) is 0. The number of aryl methyl sites for hydroxylation is 1. The van der Waals surface area contributed by atoms with Gasteiger partial charge in [-0.25, -0.2) is 4.98 Å². The molecule has 0 aliphatic heterocycles. The second-order valence-corrected chi connectivity index (χ2v) is 6.86. The number of halogens is 1. The molecular formula is C15H12IN3OS. The Hall–Kier alpha value is -1.67. The fourth-order valence-electron chi connectivity index (χ4n) is 1.98. The highest BCUT2D eigenvalue weighted by molar-refractivity contribution is 14.1. The third kappa shape index (κ3) is 2.86. The van der Waals surface area contributed by atoms with Crippen LogP contribution in [0, 0.1) is 10.5 Å². The number of rotatable bonds is 2. The topological polar surface area (TPSA) is 68.0 Å². The molecule has 4 nitrogen and oxygen atoms in total. The van der Waals surface area contributed by atoms with E-state index in [0.29, 0.717) is 10.6 Å². The molecule has 0 spiro atoms. The lowest BCUT2D eigenvalue weighted by Gasteiger charge is -2.04. The van der Waals surface area contributed by atoms with Crippen LogP contribution >= 0.6 is 33.9 Å². The van der Waals surface area contributed by atoms with Gasteiger partial charge in [0.2, 0.25) is 0 Å². The van der Waals surface area contributed by atoms with Gasteiger partial charge in [0.1, 0.15) is 9.71 Å². The van der Waals surface area contributed by atoms with Crippen molar-refractivity contribution in [2.75, 3.05) is 11.1 Å². The number of carbonyl (C=O) groups is 1. The third-order valence-corrected chi connectivity index (χ3v) is 4.87. The predicted molar refractivity (Wildman–Crippen MR) is 95.9 cm³/mol. The summed E-state index contributed by atoms with van der Waals surface area (Å²) in [5.41, 5.74) is 8.23. The molecule has 0 atom stereocenters. The molecule has 2 heterocycles. The first-order valence-corrected chi connectivity index (χ1v) is 8.16. The standard InChI is InChI=1S/C15H12IN3OS/c1-8-2-7-11-12(17)13(21-15(11)18-8)14(20)19-10-5-3-9(16)4-6-10/h2-7H,17H2,1H3,(H,19,20). The van der Waals surface area contributed by atoms with Gasteiger partial charge in [-0.1, -0.05) is 0 Å². The number of benzene rings is 1. The molecule has 0 aliphatic rings. The van der Waals surface area contributed by atoms with Gasteiger partial charge < -0.3 is 11.1 Å². The quantitative estimate of drug-likeness (QED) is 0.628. The Kier molecular flexibility index (Phi) is 3.81. The number of hydrogen-bond donors (Lipinski definition) is 2. The van der Waals surface area contributed by atoms with Crippen LogP contribution in [0.3, 0.4) is 0 Å². The minimum Gasteiger partial charge on any atom is -0.397 e. The van der Waals surface area contributed by atoms with Crippen LogP contribution in [0.2, 0.25) is 0 Å². The molecule has 0 fully saturated rings. The van der Waals surface area contributed by atoms with E-state index < -0.39 is 0 Å². The average Bonchev–Trinajstić information content (AvgIpc) is 2.78. The molecular weight excluding hydrogens is 397 g/mol. The van der Waals surface area contributed by atoms with Crippen LogP contribution in [-0.2, 0) is 0 Å². The van der Waals surface area contributed by atoms with Crippen molar-refractivity contribution in [1.29, 1.82) is 0 Å². The number of aromatic nitrogens is 1. The van der Waals surface area contributed by atoms with E-state index in [1.54, 1.807) is 0 Å². The van der Waals surface area contributed by atoms with Crippen LogP contribution in [0.15, 0.2) is 36.4 Å². The summed E-state index contributed by atoms with van der Waals surface area (Å²) in [5, 5.41) is 3.69. The maximum absolute atomic E-state index is 12.4. The van der Waals surface area contributed by atoms with Crippen molar-refractivity contribution in [3.63, 3.8) is 0 Å². The zero-order chi connectivity index (χ0) is 15.0. The first kappa shape index (κ1) is 14.3. The predicted octanol–water partition coefficient (Wildman–Crippen LogP) is 4.04. The molecule has 3 N–H and O–H groups in total. The molecule has 21 heavy (non-hydrogen) atoms. The average molecular weight is 409 g/mol. The SMILES string of the molecule is Cc1ccc2c(N)c(C(=O)Nc3ccc(I)cc3)sc2n1. The van der Waals surface area contributed by atoms with Gasteiger partial charge in [-0.3, -0.25) is 4.79 Å². The first-order chi connectivity index (χ1) is 10.0. The van der Waals surface area contributed by atoms with Crippen molar-refractivity contribution in [2.45, 2.75) is 6.92 Å². The Morgan fingerprint density at radius 2 is 1.95 bits per heavy atom. The Labute approximate surface area is 139 Å². The molecule has 6 heteroatoms. The fourth-order valence-corrected chi connectivity index (χ4v) is 3.37. The number of nitrogens with zero attached hydrogens (tertiary/aromatic N) is 1. The van der Waals surface area contributed by atoms with Gasteiger partial charge >= 0.3 is 0 Å². The van der Waals surface area contributed by atoms with Crippen LogP contribution in [0.25, 0.3) is 10.2 Å². The Balaban J connectivity index is 1.94. The molecule has 1 aromatic carbocycles. The van der Waals surface area contributed by atoms with Crippen LogP contribution < -0.4 is 11.1 Å². The number of carbonyl (C=O) groups excluding carboxylic acids is 1. The minimum absolute atomic E-state index is 0.200. The fraction of sp³-hybridized carbons (Fsp3) is 0.0667. The Morgan fingerprint density at radius 3 is 2.67 bits per heavy atom. The van der Waals surface area contributed by atoms with Crippen LogP contribution in [-0.4, -0.2) is 10.9 Å². The number of amides is 1. The van der Waals surface area contributed by atoms with E-state index in [1.807, 2.05) is 43.3 Å². The molecule has 0 saturated heterocycles. The lowest BCUT2D eigenvalue weighted by atomic mass is 10.2. The molecule has 0 bridgehead atoms. The smallest absolute Gasteiger partial charge is 0.267 e. The lowest BCUT2D eigenvalue weighted by Crippen LogP contribution is -2.11. The monoisotopic (exact) mass is 409 g/mol. The number of hydrogen-bond acceptors (Lipinski definition) is 4. The van der Waals surface area contributed by atoms with E-state index in [1.165, 1.54) is 11.3 Å². The van der Waals surface area contributed by atoms with Crippen LogP contribution in [0.4, 0.5) is 11.4 Å². The van der Waals surface area contributed by atoms with Gasteiger partial charge in [-0.2, -0.15) is 0 Å². The van der Waals surface area contributed by atoms with Crippen LogP contribution in [0.5, 0.6) is 0 Å². The van der Waals surface area contributed by atoms with Gasteiger partial charge in [0.05, 0.1) is 5.69 Å². The van der Waals surface area contributed by atoms with E-state index in [-0.39, 0.29) is 5.91 Å². The zero-order valence-electron chi connectivity index (χ0n) is 11.2.